The highest BCUT2D eigenvalue weighted by molar-refractivity contribution is 7.12. The predicted molar refractivity (Wildman–Crippen MR) is 93.3 cm³/mol. The average Bonchev–Trinajstić information content (AvgIpc) is 2.83. The van der Waals surface area contributed by atoms with Gasteiger partial charge >= 0.3 is 0 Å². The molecule has 5 heteroatoms. The van der Waals surface area contributed by atoms with Gasteiger partial charge in [0.1, 0.15) is 5.75 Å². The van der Waals surface area contributed by atoms with Crippen LogP contribution in [-0.4, -0.2) is 23.7 Å². The molecule has 23 heavy (non-hydrogen) atoms. The minimum atomic E-state index is -0.743. The first-order chi connectivity index (χ1) is 10.9. The van der Waals surface area contributed by atoms with Gasteiger partial charge in [0.15, 0.2) is 0 Å². The average molecular weight is 333 g/mol. The number of hydrogen-bond acceptors (Lipinski definition) is 4. The topological polar surface area (TPSA) is 58.6 Å². The van der Waals surface area contributed by atoms with Crippen molar-refractivity contribution in [2.24, 2.45) is 0 Å². The van der Waals surface area contributed by atoms with Crippen LogP contribution in [0.2, 0.25) is 0 Å². The van der Waals surface area contributed by atoms with Crippen LogP contribution in [0.25, 0.3) is 0 Å². The standard InChI is InChI=1S/C18H23NO3S/c1-11(2)22-15-7-5-14(6-8-15)17(20)10-19-18(21)16-9-12(3)23-13(16)4/h5-9,11,17,20H,10H2,1-4H3,(H,19,21). The molecule has 2 rings (SSSR count). The molecule has 1 unspecified atom stereocenters. The minimum absolute atomic E-state index is 0.113. The first-order valence-corrected chi connectivity index (χ1v) is 8.48. The van der Waals surface area contributed by atoms with Crippen LogP contribution in [0.4, 0.5) is 0 Å². The van der Waals surface area contributed by atoms with Gasteiger partial charge in [-0.05, 0) is 51.5 Å². The molecule has 2 aromatic rings. The van der Waals surface area contributed by atoms with Crippen molar-refractivity contribution >= 4 is 17.2 Å². The van der Waals surface area contributed by atoms with E-state index in [1.54, 1.807) is 11.3 Å². The summed E-state index contributed by atoms with van der Waals surface area (Å²) in [4.78, 5) is 14.3. The number of hydrogen-bond donors (Lipinski definition) is 2. The maximum atomic E-state index is 12.2. The van der Waals surface area contributed by atoms with Crippen LogP contribution in [0.15, 0.2) is 30.3 Å². The van der Waals surface area contributed by atoms with E-state index in [-0.39, 0.29) is 18.6 Å². The number of carbonyl (C=O) groups is 1. The number of aliphatic hydroxyl groups is 1. The van der Waals surface area contributed by atoms with Gasteiger partial charge in [-0.1, -0.05) is 12.1 Å². The van der Waals surface area contributed by atoms with Crippen LogP contribution in [0, 0.1) is 13.8 Å². The Hall–Kier alpha value is -1.85. The molecular formula is C18H23NO3S. The van der Waals surface area contributed by atoms with Crippen LogP contribution in [0.3, 0.4) is 0 Å². The second kappa shape index (κ2) is 7.62. The SMILES string of the molecule is Cc1cc(C(=O)NCC(O)c2ccc(OC(C)C)cc2)c(C)s1. The van der Waals surface area contributed by atoms with Gasteiger partial charge < -0.3 is 15.2 Å². The second-order valence-corrected chi connectivity index (χ2v) is 7.25. The Morgan fingerprint density at radius 3 is 2.43 bits per heavy atom. The molecule has 0 fully saturated rings. The Balaban J connectivity index is 1.92. The zero-order chi connectivity index (χ0) is 17.0. The van der Waals surface area contributed by atoms with E-state index in [9.17, 15) is 9.90 Å². The molecule has 0 saturated heterocycles. The summed E-state index contributed by atoms with van der Waals surface area (Å²) in [6, 6.07) is 9.16. The molecule has 1 atom stereocenters. The molecule has 4 nitrogen and oxygen atoms in total. The molecule has 1 heterocycles. The summed E-state index contributed by atoms with van der Waals surface area (Å²) >= 11 is 1.60. The quantitative estimate of drug-likeness (QED) is 0.849. The zero-order valence-electron chi connectivity index (χ0n) is 13.9. The molecule has 0 aliphatic carbocycles. The highest BCUT2D eigenvalue weighted by Gasteiger charge is 2.14. The highest BCUT2D eigenvalue weighted by atomic mass is 32.1. The van der Waals surface area contributed by atoms with Gasteiger partial charge in [-0.3, -0.25) is 4.79 Å². The van der Waals surface area contributed by atoms with Crippen LogP contribution in [-0.2, 0) is 0 Å². The molecule has 2 N–H and O–H groups in total. The summed E-state index contributed by atoms with van der Waals surface area (Å²) in [5.74, 6) is 0.620. The smallest absolute Gasteiger partial charge is 0.252 e. The first kappa shape index (κ1) is 17.5. The van der Waals surface area contributed by atoms with E-state index in [0.29, 0.717) is 5.56 Å². The number of rotatable bonds is 6. The molecule has 0 spiro atoms. The Bertz CT molecular complexity index is 661. The van der Waals surface area contributed by atoms with E-state index in [1.165, 1.54) is 0 Å². The third-order valence-corrected chi connectivity index (χ3v) is 4.34. The van der Waals surface area contributed by atoms with Crippen LogP contribution < -0.4 is 10.1 Å². The predicted octanol–water partition coefficient (Wildman–Crippen LogP) is 3.62. The van der Waals surface area contributed by atoms with Crippen molar-refractivity contribution in [1.82, 2.24) is 5.32 Å². The van der Waals surface area contributed by atoms with Crippen LogP contribution in [0.1, 0.15) is 45.6 Å². The number of aryl methyl sites for hydroxylation is 2. The highest BCUT2D eigenvalue weighted by Crippen LogP contribution is 2.21. The Labute approximate surface area is 141 Å². The first-order valence-electron chi connectivity index (χ1n) is 7.66. The van der Waals surface area contributed by atoms with Gasteiger partial charge in [-0.2, -0.15) is 0 Å². The summed E-state index contributed by atoms with van der Waals surface area (Å²) in [5.41, 5.74) is 1.43. The molecule has 0 aliphatic rings. The lowest BCUT2D eigenvalue weighted by atomic mass is 10.1. The molecule has 0 saturated carbocycles. The van der Waals surface area contributed by atoms with Crippen molar-refractivity contribution < 1.29 is 14.6 Å². The number of amides is 1. The van der Waals surface area contributed by atoms with Gasteiger partial charge in [0, 0.05) is 16.3 Å². The Kier molecular flexibility index (Phi) is 5.80. The van der Waals surface area contributed by atoms with E-state index in [4.69, 9.17) is 4.74 Å². The van der Waals surface area contributed by atoms with E-state index in [0.717, 1.165) is 21.1 Å². The fraction of sp³-hybridized carbons (Fsp3) is 0.389. The van der Waals surface area contributed by atoms with Crippen molar-refractivity contribution in [1.29, 1.82) is 0 Å². The molecule has 0 aliphatic heterocycles. The van der Waals surface area contributed by atoms with Gasteiger partial charge in [-0.25, -0.2) is 0 Å². The third-order valence-electron chi connectivity index (χ3n) is 3.38. The summed E-state index contributed by atoms with van der Waals surface area (Å²) in [6.45, 7) is 8.01. The summed E-state index contributed by atoms with van der Waals surface area (Å²) in [5, 5.41) is 13.0. The van der Waals surface area contributed by atoms with Crippen molar-refractivity contribution in [3.05, 3.63) is 51.2 Å². The monoisotopic (exact) mass is 333 g/mol. The molecule has 124 valence electrons. The van der Waals surface area contributed by atoms with Crippen molar-refractivity contribution in [3.63, 3.8) is 0 Å². The minimum Gasteiger partial charge on any atom is -0.491 e. The number of carbonyl (C=O) groups excluding carboxylic acids is 1. The van der Waals surface area contributed by atoms with E-state index < -0.39 is 6.10 Å². The molecular weight excluding hydrogens is 310 g/mol. The summed E-state index contributed by atoms with van der Waals surface area (Å²) in [6.07, 6.45) is -0.630. The van der Waals surface area contributed by atoms with E-state index >= 15 is 0 Å². The molecule has 1 aromatic carbocycles. The normalized spacial score (nSPS) is 12.3. The summed E-state index contributed by atoms with van der Waals surface area (Å²) in [7, 11) is 0. The number of thiophene rings is 1. The number of ether oxygens (including phenoxy) is 1. The molecule has 1 amide bonds. The van der Waals surface area contributed by atoms with Gasteiger partial charge in [0.2, 0.25) is 0 Å². The lowest BCUT2D eigenvalue weighted by Crippen LogP contribution is -2.28. The fourth-order valence-electron chi connectivity index (χ4n) is 2.30. The summed E-state index contributed by atoms with van der Waals surface area (Å²) < 4.78 is 5.57. The van der Waals surface area contributed by atoms with Crippen molar-refractivity contribution in [3.8, 4) is 5.75 Å². The Morgan fingerprint density at radius 2 is 1.91 bits per heavy atom. The molecule has 1 aromatic heterocycles. The lowest BCUT2D eigenvalue weighted by molar-refractivity contribution is 0.0916. The second-order valence-electron chi connectivity index (χ2n) is 5.79. The molecule has 0 radical (unpaired) electrons. The number of nitrogens with one attached hydrogen (secondary N) is 1. The Morgan fingerprint density at radius 1 is 1.26 bits per heavy atom. The third kappa shape index (κ3) is 4.81. The number of aliphatic hydroxyl groups excluding tert-OH is 1. The molecule has 0 bridgehead atoms. The fourth-order valence-corrected chi connectivity index (χ4v) is 3.22. The van der Waals surface area contributed by atoms with Crippen molar-refractivity contribution in [2.45, 2.75) is 39.9 Å². The van der Waals surface area contributed by atoms with Crippen LogP contribution >= 0.6 is 11.3 Å². The largest absolute Gasteiger partial charge is 0.491 e. The van der Waals surface area contributed by atoms with E-state index in [1.807, 2.05) is 58.0 Å². The van der Waals surface area contributed by atoms with Gasteiger partial charge in [0.25, 0.3) is 5.91 Å². The van der Waals surface area contributed by atoms with E-state index in [2.05, 4.69) is 5.32 Å². The van der Waals surface area contributed by atoms with Crippen LogP contribution in [0.5, 0.6) is 5.75 Å². The maximum Gasteiger partial charge on any atom is 0.252 e. The number of benzene rings is 1. The maximum absolute atomic E-state index is 12.2. The lowest BCUT2D eigenvalue weighted by Gasteiger charge is -2.14. The van der Waals surface area contributed by atoms with Gasteiger partial charge in [0.05, 0.1) is 17.8 Å². The van der Waals surface area contributed by atoms with Crippen molar-refractivity contribution in [2.75, 3.05) is 6.54 Å². The zero-order valence-corrected chi connectivity index (χ0v) is 14.7. The van der Waals surface area contributed by atoms with Gasteiger partial charge in [-0.15, -0.1) is 11.3 Å².